The molecule has 1 unspecified atom stereocenters. The van der Waals surface area contributed by atoms with Gasteiger partial charge >= 0.3 is 0 Å². The Bertz CT molecular complexity index is 131. The zero-order valence-corrected chi connectivity index (χ0v) is 6.31. The summed E-state index contributed by atoms with van der Waals surface area (Å²) in [5, 5.41) is 0. The average molecular weight is 146 g/mol. The number of rotatable bonds is 2. The highest BCUT2D eigenvalue weighted by atomic mass is 32.2. The summed E-state index contributed by atoms with van der Waals surface area (Å²) < 4.78 is 13.9. The van der Waals surface area contributed by atoms with Crippen LogP contribution in [0.2, 0.25) is 0 Å². The van der Waals surface area contributed by atoms with Crippen LogP contribution < -0.4 is 5.73 Å². The molecule has 1 atom stereocenters. The van der Waals surface area contributed by atoms with Crippen molar-refractivity contribution in [3.05, 3.63) is 11.8 Å². The summed E-state index contributed by atoms with van der Waals surface area (Å²) in [5.41, 5.74) is 5.92. The van der Waals surface area contributed by atoms with Crippen LogP contribution in [0.15, 0.2) is 16.2 Å². The first-order valence-electron chi connectivity index (χ1n) is 2.43. The van der Waals surface area contributed by atoms with Crippen LogP contribution in [0.1, 0.15) is 6.92 Å². The SMILES string of the molecule is C/C(C=N[S+](C)[O-])=C/N. The van der Waals surface area contributed by atoms with Gasteiger partial charge < -0.3 is 10.3 Å². The molecule has 0 aromatic heterocycles. The van der Waals surface area contributed by atoms with Crippen molar-refractivity contribution in [3.63, 3.8) is 0 Å². The fraction of sp³-hybridized carbons (Fsp3) is 0.400. The standard InChI is InChI=1S/C5H10N2OS/c1-5(3-6)4-7-9(2)8/h3-4H,6H2,1-2H3/b5-3-,7-4?. The third-order valence-electron chi connectivity index (χ3n) is 0.668. The second-order valence-electron chi connectivity index (χ2n) is 1.57. The Hall–Kier alpha value is -0.480. The van der Waals surface area contributed by atoms with Gasteiger partial charge in [0, 0.05) is 0 Å². The number of nitrogens with zero attached hydrogens (tertiary/aromatic N) is 1. The Labute approximate surface area is 58.0 Å². The number of hydrogen-bond donors (Lipinski definition) is 1. The highest BCUT2D eigenvalue weighted by molar-refractivity contribution is 7.89. The molecule has 0 heterocycles. The van der Waals surface area contributed by atoms with Crippen LogP contribution >= 0.6 is 0 Å². The van der Waals surface area contributed by atoms with E-state index >= 15 is 0 Å². The van der Waals surface area contributed by atoms with Crippen LogP contribution in [0, 0.1) is 0 Å². The van der Waals surface area contributed by atoms with E-state index in [0.717, 1.165) is 5.57 Å². The van der Waals surface area contributed by atoms with Crippen molar-refractivity contribution >= 4 is 17.6 Å². The maximum absolute atomic E-state index is 10.3. The van der Waals surface area contributed by atoms with Crippen molar-refractivity contribution in [1.29, 1.82) is 0 Å². The molecule has 0 rings (SSSR count). The fourth-order valence-corrected chi connectivity index (χ4v) is 0.515. The van der Waals surface area contributed by atoms with E-state index in [1.165, 1.54) is 18.7 Å². The van der Waals surface area contributed by atoms with Gasteiger partial charge in [-0.15, -0.1) is 0 Å². The number of hydrogen-bond acceptors (Lipinski definition) is 3. The quantitative estimate of drug-likeness (QED) is 0.447. The molecule has 0 saturated carbocycles. The zero-order valence-electron chi connectivity index (χ0n) is 5.50. The van der Waals surface area contributed by atoms with Crippen LogP contribution in [0.4, 0.5) is 0 Å². The van der Waals surface area contributed by atoms with Gasteiger partial charge in [0.05, 0.1) is 17.6 Å². The summed E-state index contributed by atoms with van der Waals surface area (Å²) >= 11 is -1.11. The summed E-state index contributed by atoms with van der Waals surface area (Å²) in [4.78, 5) is 0. The highest BCUT2D eigenvalue weighted by Gasteiger charge is 1.86. The van der Waals surface area contributed by atoms with Gasteiger partial charge in [-0.3, -0.25) is 0 Å². The molecule has 3 nitrogen and oxygen atoms in total. The molecule has 0 radical (unpaired) electrons. The van der Waals surface area contributed by atoms with E-state index in [0.29, 0.717) is 0 Å². The van der Waals surface area contributed by atoms with Crippen LogP contribution in [0.3, 0.4) is 0 Å². The van der Waals surface area contributed by atoms with Crippen molar-refractivity contribution < 1.29 is 4.55 Å². The second kappa shape index (κ2) is 4.40. The summed E-state index contributed by atoms with van der Waals surface area (Å²) in [7, 11) is 0. The minimum absolute atomic E-state index is 0.810. The minimum atomic E-state index is -1.11. The van der Waals surface area contributed by atoms with E-state index in [9.17, 15) is 4.55 Å². The molecule has 0 aliphatic heterocycles. The molecule has 0 amide bonds. The van der Waals surface area contributed by atoms with Crippen molar-refractivity contribution in [2.75, 3.05) is 6.26 Å². The minimum Gasteiger partial charge on any atom is -0.592 e. The normalized spacial score (nSPS) is 16.6. The Balaban J connectivity index is 3.71. The topological polar surface area (TPSA) is 61.4 Å². The van der Waals surface area contributed by atoms with Gasteiger partial charge in [0.1, 0.15) is 6.26 Å². The van der Waals surface area contributed by atoms with Gasteiger partial charge in [0.15, 0.2) is 0 Å². The van der Waals surface area contributed by atoms with E-state index in [2.05, 4.69) is 4.40 Å². The first kappa shape index (κ1) is 8.52. The first-order chi connectivity index (χ1) is 4.16. The number of allylic oxidation sites excluding steroid dienone is 1. The summed E-state index contributed by atoms with van der Waals surface area (Å²) in [6.07, 6.45) is 4.40. The Morgan fingerprint density at radius 3 is 2.67 bits per heavy atom. The maximum Gasteiger partial charge on any atom is 0.123 e. The van der Waals surface area contributed by atoms with E-state index in [1.807, 2.05) is 0 Å². The van der Waals surface area contributed by atoms with Crippen molar-refractivity contribution in [2.45, 2.75) is 6.92 Å². The molecule has 0 aliphatic carbocycles. The molecule has 9 heavy (non-hydrogen) atoms. The molecular weight excluding hydrogens is 136 g/mol. The zero-order chi connectivity index (χ0) is 7.28. The molecule has 0 bridgehead atoms. The van der Waals surface area contributed by atoms with E-state index in [4.69, 9.17) is 5.73 Å². The lowest BCUT2D eigenvalue weighted by molar-refractivity contribution is 0.603. The molecule has 0 aromatic rings. The lowest BCUT2D eigenvalue weighted by Gasteiger charge is -1.91. The maximum atomic E-state index is 10.3. The van der Waals surface area contributed by atoms with Crippen LogP contribution in [0.25, 0.3) is 0 Å². The molecule has 2 N–H and O–H groups in total. The van der Waals surface area contributed by atoms with Crippen LogP contribution in [-0.4, -0.2) is 17.0 Å². The third-order valence-corrected chi connectivity index (χ3v) is 1.07. The summed E-state index contributed by atoms with van der Waals surface area (Å²) in [6, 6.07) is 0. The first-order valence-corrected chi connectivity index (χ1v) is 3.94. The lowest BCUT2D eigenvalue weighted by atomic mass is 10.4. The van der Waals surface area contributed by atoms with Crippen molar-refractivity contribution in [3.8, 4) is 0 Å². The molecular formula is C5H10N2OS. The van der Waals surface area contributed by atoms with Gasteiger partial charge in [0.2, 0.25) is 0 Å². The van der Waals surface area contributed by atoms with Crippen LogP contribution in [0.5, 0.6) is 0 Å². The summed E-state index contributed by atoms with van der Waals surface area (Å²) in [5.74, 6) is 0. The molecule has 0 aromatic carbocycles. The van der Waals surface area contributed by atoms with Crippen molar-refractivity contribution in [2.24, 2.45) is 10.1 Å². The monoisotopic (exact) mass is 146 g/mol. The predicted octanol–water partition coefficient (Wildman–Crippen LogP) is 0.213. The lowest BCUT2D eigenvalue weighted by Crippen LogP contribution is -1.92. The van der Waals surface area contributed by atoms with Crippen molar-refractivity contribution in [1.82, 2.24) is 0 Å². The van der Waals surface area contributed by atoms with E-state index in [-0.39, 0.29) is 0 Å². The Morgan fingerprint density at radius 2 is 2.33 bits per heavy atom. The van der Waals surface area contributed by atoms with Gasteiger partial charge in [-0.1, -0.05) is 4.40 Å². The van der Waals surface area contributed by atoms with Gasteiger partial charge in [0.25, 0.3) is 0 Å². The molecule has 52 valence electrons. The molecule has 0 saturated heterocycles. The average Bonchev–Trinajstić information content (AvgIpc) is 1.83. The molecule has 0 aliphatic rings. The van der Waals surface area contributed by atoms with Crippen LogP contribution in [-0.2, 0) is 11.4 Å². The molecule has 4 heteroatoms. The van der Waals surface area contributed by atoms with Gasteiger partial charge in [-0.2, -0.15) is 0 Å². The van der Waals surface area contributed by atoms with Gasteiger partial charge in [-0.05, 0) is 18.7 Å². The fourth-order valence-electron chi connectivity index (χ4n) is 0.200. The Kier molecular flexibility index (Phi) is 4.17. The predicted molar refractivity (Wildman–Crippen MR) is 40.5 cm³/mol. The largest absolute Gasteiger partial charge is 0.592 e. The summed E-state index contributed by atoms with van der Waals surface area (Å²) in [6.45, 7) is 1.79. The third kappa shape index (κ3) is 5.39. The smallest absolute Gasteiger partial charge is 0.123 e. The van der Waals surface area contributed by atoms with Gasteiger partial charge in [-0.25, -0.2) is 0 Å². The Morgan fingerprint density at radius 1 is 1.78 bits per heavy atom. The highest BCUT2D eigenvalue weighted by Crippen LogP contribution is 1.87. The van der Waals surface area contributed by atoms with E-state index in [1.54, 1.807) is 6.92 Å². The molecule has 0 spiro atoms. The molecule has 0 fully saturated rings. The van der Waals surface area contributed by atoms with E-state index < -0.39 is 11.4 Å². The second-order valence-corrected chi connectivity index (χ2v) is 2.63. The number of nitrogens with two attached hydrogens (primary N) is 1.